The molecule has 6 aromatic carbocycles. The fraction of sp³-hybridized carbons (Fsp3) is 0. The third kappa shape index (κ3) is 3.00. The van der Waals surface area contributed by atoms with Crippen molar-refractivity contribution in [2.24, 2.45) is 0 Å². The number of benzene rings is 6. The van der Waals surface area contributed by atoms with E-state index in [-0.39, 0.29) is 0 Å². The minimum Gasteiger partial charge on any atom is -0.309 e. The van der Waals surface area contributed by atoms with Crippen molar-refractivity contribution in [2.45, 2.75) is 0 Å². The first kappa shape index (κ1) is 21.5. The molecule has 0 aliphatic rings. The highest BCUT2D eigenvalue weighted by molar-refractivity contribution is 7.26. The molecule has 0 saturated carbocycles. The molecule has 0 aliphatic carbocycles. The summed E-state index contributed by atoms with van der Waals surface area (Å²) >= 11 is 3.77. The van der Waals surface area contributed by atoms with Gasteiger partial charge in [0.25, 0.3) is 0 Å². The van der Waals surface area contributed by atoms with Crippen molar-refractivity contribution in [2.75, 3.05) is 0 Å². The highest BCUT2D eigenvalue weighted by Gasteiger charge is 2.19. The summed E-state index contributed by atoms with van der Waals surface area (Å²) in [5.41, 5.74) is 6.30. The number of rotatable bonds is 2. The Hall–Kier alpha value is -4.44. The molecule has 0 saturated heterocycles. The Balaban J connectivity index is 1.39. The van der Waals surface area contributed by atoms with Crippen LogP contribution >= 0.6 is 22.7 Å². The Bertz CT molecular complexity index is 2350. The maximum Gasteiger partial charge on any atom is 0.0555 e. The zero-order chi connectivity index (χ0) is 25.5. The van der Waals surface area contributed by atoms with Crippen LogP contribution in [-0.4, -0.2) is 4.57 Å². The third-order valence-corrected chi connectivity index (χ3v) is 10.3. The topological polar surface area (TPSA) is 4.93 Å². The quantitative estimate of drug-likeness (QED) is 0.209. The molecule has 1 nitrogen and oxygen atoms in total. The van der Waals surface area contributed by atoms with E-state index in [1.165, 1.54) is 79.0 Å². The van der Waals surface area contributed by atoms with Crippen molar-refractivity contribution < 1.29 is 0 Å². The van der Waals surface area contributed by atoms with Gasteiger partial charge in [0.05, 0.1) is 16.7 Å². The summed E-state index contributed by atoms with van der Waals surface area (Å²) in [7, 11) is 0. The molecule has 3 aromatic heterocycles. The van der Waals surface area contributed by atoms with Crippen molar-refractivity contribution in [3.05, 3.63) is 127 Å². The van der Waals surface area contributed by atoms with Crippen molar-refractivity contribution in [3.63, 3.8) is 0 Å². The first-order valence-electron chi connectivity index (χ1n) is 13.2. The molecule has 0 amide bonds. The molecule has 0 atom stereocenters. The Morgan fingerprint density at radius 1 is 0.410 bits per heavy atom. The maximum absolute atomic E-state index is 2.46. The summed E-state index contributed by atoms with van der Waals surface area (Å²) in [5.74, 6) is 0. The molecule has 0 spiro atoms. The SMILES string of the molecule is c1ccc2c(c1)sc1cc(-c3cccc4sc5cccc(-n6c7ccccc7c7ccccc76)c5c34)ccc12. The number of hydrogen-bond donors (Lipinski definition) is 0. The average Bonchev–Trinajstić information content (AvgIpc) is 3.66. The third-order valence-electron chi connectivity index (χ3n) is 8.01. The molecular weight excluding hydrogens is 511 g/mol. The molecule has 0 aliphatic heterocycles. The first-order valence-corrected chi connectivity index (χ1v) is 14.8. The molecule has 0 unspecified atom stereocenters. The number of thiophene rings is 2. The molecule has 9 aromatic rings. The Morgan fingerprint density at radius 2 is 1.00 bits per heavy atom. The Morgan fingerprint density at radius 3 is 1.79 bits per heavy atom. The number of fused-ring (bicyclic) bond motifs is 9. The standard InChI is InChI=1S/C36H21NS2/c1-4-13-28-24(9-1)25-10-2-5-14-29(25)37(28)30-15-8-18-33-36(30)35-23(12-7-17-32(35)39-33)22-19-20-27-26-11-3-6-16-31(26)38-34(27)21-22/h1-21H. The van der Waals surface area contributed by atoms with Gasteiger partial charge in [0.15, 0.2) is 0 Å². The van der Waals surface area contributed by atoms with Gasteiger partial charge in [0, 0.05) is 51.1 Å². The second kappa shape index (κ2) is 8.03. The van der Waals surface area contributed by atoms with Gasteiger partial charge in [-0.15, -0.1) is 22.7 Å². The average molecular weight is 532 g/mol. The molecule has 3 heteroatoms. The molecular formula is C36H21NS2. The monoisotopic (exact) mass is 531 g/mol. The predicted molar refractivity (Wildman–Crippen MR) is 172 cm³/mol. The lowest BCUT2D eigenvalue weighted by Crippen LogP contribution is -1.94. The predicted octanol–water partition coefficient (Wildman–Crippen LogP) is 11.2. The van der Waals surface area contributed by atoms with Gasteiger partial charge < -0.3 is 4.57 Å². The fourth-order valence-corrected chi connectivity index (χ4v) is 8.65. The van der Waals surface area contributed by atoms with Crippen LogP contribution in [0.1, 0.15) is 0 Å². The van der Waals surface area contributed by atoms with E-state index < -0.39 is 0 Å². The first-order chi connectivity index (χ1) is 19.3. The van der Waals surface area contributed by atoms with Crippen LogP contribution in [-0.2, 0) is 0 Å². The van der Waals surface area contributed by atoms with Crippen LogP contribution in [0.2, 0.25) is 0 Å². The van der Waals surface area contributed by atoms with Crippen LogP contribution in [0, 0.1) is 0 Å². The van der Waals surface area contributed by atoms with Crippen LogP contribution in [0.25, 0.3) is 79.0 Å². The van der Waals surface area contributed by atoms with Crippen molar-refractivity contribution in [1.82, 2.24) is 4.57 Å². The van der Waals surface area contributed by atoms with Crippen LogP contribution in [0.15, 0.2) is 127 Å². The normalized spacial score (nSPS) is 12.1. The molecule has 9 rings (SSSR count). The van der Waals surface area contributed by atoms with E-state index in [0.717, 1.165) is 0 Å². The number of para-hydroxylation sites is 2. The van der Waals surface area contributed by atoms with Gasteiger partial charge in [-0.2, -0.15) is 0 Å². The van der Waals surface area contributed by atoms with Gasteiger partial charge >= 0.3 is 0 Å². The zero-order valence-corrected chi connectivity index (χ0v) is 22.5. The number of nitrogens with zero attached hydrogens (tertiary/aromatic N) is 1. The molecule has 0 fully saturated rings. The summed E-state index contributed by atoms with van der Waals surface area (Å²) in [6.07, 6.45) is 0. The summed E-state index contributed by atoms with van der Waals surface area (Å²) in [6.45, 7) is 0. The molecule has 0 bridgehead atoms. The zero-order valence-electron chi connectivity index (χ0n) is 20.9. The van der Waals surface area contributed by atoms with Gasteiger partial charge in [0.2, 0.25) is 0 Å². The molecule has 3 heterocycles. The Labute approximate surface area is 232 Å². The van der Waals surface area contributed by atoms with Crippen LogP contribution in [0.3, 0.4) is 0 Å². The lowest BCUT2D eigenvalue weighted by molar-refractivity contribution is 1.20. The number of hydrogen-bond acceptors (Lipinski definition) is 2. The molecule has 0 radical (unpaired) electrons. The summed E-state index contributed by atoms with van der Waals surface area (Å²) in [5, 5.41) is 7.94. The van der Waals surface area contributed by atoms with E-state index in [4.69, 9.17) is 0 Å². The minimum atomic E-state index is 1.24. The molecule has 39 heavy (non-hydrogen) atoms. The summed E-state index contributed by atoms with van der Waals surface area (Å²) in [4.78, 5) is 0. The summed E-state index contributed by atoms with van der Waals surface area (Å²) in [6, 6.07) is 46.9. The second-order valence-corrected chi connectivity index (χ2v) is 12.3. The van der Waals surface area contributed by atoms with Gasteiger partial charge in [-0.25, -0.2) is 0 Å². The van der Waals surface area contributed by atoms with Crippen LogP contribution < -0.4 is 0 Å². The van der Waals surface area contributed by atoms with E-state index in [1.807, 2.05) is 22.7 Å². The van der Waals surface area contributed by atoms with Crippen molar-refractivity contribution in [1.29, 1.82) is 0 Å². The largest absolute Gasteiger partial charge is 0.309 e. The van der Waals surface area contributed by atoms with E-state index in [9.17, 15) is 0 Å². The van der Waals surface area contributed by atoms with E-state index >= 15 is 0 Å². The van der Waals surface area contributed by atoms with E-state index in [2.05, 4.69) is 132 Å². The maximum atomic E-state index is 2.46. The lowest BCUT2D eigenvalue weighted by Gasteiger charge is -2.12. The van der Waals surface area contributed by atoms with Crippen molar-refractivity contribution in [3.8, 4) is 16.8 Å². The van der Waals surface area contributed by atoms with Gasteiger partial charge in [-0.05, 0) is 53.6 Å². The fourth-order valence-electron chi connectivity index (χ4n) is 6.35. The van der Waals surface area contributed by atoms with Gasteiger partial charge in [0.1, 0.15) is 0 Å². The van der Waals surface area contributed by atoms with E-state index in [1.54, 1.807) is 0 Å². The van der Waals surface area contributed by atoms with Crippen molar-refractivity contribution >= 4 is 84.8 Å². The van der Waals surface area contributed by atoms with Gasteiger partial charge in [-0.3, -0.25) is 0 Å². The summed E-state index contributed by atoms with van der Waals surface area (Å²) < 4.78 is 7.79. The highest BCUT2D eigenvalue weighted by Crippen LogP contribution is 2.45. The number of aromatic nitrogens is 1. The van der Waals surface area contributed by atoms with Crippen LogP contribution in [0.4, 0.5) is 0 Å². The van der Waals surface area contributed by atoms with Gasteiger partial charge in [-0.1, -0.05) is 84.9 Å². The lowest BCUT2D eigenvalue weighted by atomic mass is 9.98. The second-order valence-electron chi connectivity index (χ2n) is 10.1. The van der Waals surface area contributed by atoms with Crippen LogP contribution in [0.5, 0.6) is 0 Å². The minimum absolute atomic E-state index is 1.24. The Kier molecular flexibility index (Phi) is 4.43. The molecule has 182 valence electrons. The molecule has 0 N–H and O–H groups in total. The highest BCUT2D eigenvalue weighted by atomic mass is 32.1. The smallest absolute Gasteiger partial charge is 0.0555 e. The van der Waals surface area contributed by atoms with E-state index in [0.29, 0.717) is 0 Å².